The SMILES string of the molecule is C=CC(=O)Nc1ccc(O)c(C(=O)NCCc2ccc(OC)cc2F)c1. The maximum absolute atomic E-state index is 13.9. The number of amides is 2. The topological polar surface area (TPSA) is 87.7 Å². The summed E-state index contributed by atoms with van der Waals surface area (Å²) in [6.07, 6.45) is 1.37. The van der Waals surface area contributed by atoms with Gasteiger partial charge in [-0.05, 0) is 42.3 Å². The lowest BCUT2D eigenvalue weighted by atomic mass is 10.1. The first-order valence-electron chi connectivity index (χ1n) is 7.81. The third-order valence-electron chi connectivity index (χ3n) is 3.63. The van der Waals surface area contributed by atoms with Crippen molar-refractivity contribution in [2.75, 3.05) is 19.0 Å². The van der Waals surface area contributed by atoms with Gasteiger partial charge >= 0.3 is 0 Å². The molecule has 2 aromatic carbocycles. The van der Waals surface area contributed by atoms with Gasteiger partial charge in [0, 0.05) is 18.3 Å². The first-order valence-corrected chi connectivity index (χ1v) is 7.81. The van der Waals surface area contributed by atoms with Crippen LogP contribution in [0.2, 0.25) is 0 Å². The van der Waals surface area contributed by atoms with Gasteiger partial charge in [0.1, 0.15) is 17.3 Å². The van der Waals surface area contributed by atoms with Crippen LogP contribution in [0.5, 0.6) is 11.5 Å². The van der Waals surface area contributed by atoms with Crippen molar-refractivity contribution in [2.45, 2.75) is 6.42 Å². The number of carbonyl (C=O) groups is 2. The van der Waals surface area contributed by atoms with E-state index in [4.69, 9.17) is 4.74 Å². The fourth-order valence-electron chi connectivity index (χ4n) is 2.25. The van der Waals surface area contributed by atoms with E-state index >= 15 is 0 Å². The maximum Gasteiger partial charge on any atom is 0.255 e. The number of rotatable bonds is 7. The van der Waals surface area contributed by atoms with Crippen LogP contribution in [-0.4, -0.2) is 30.6 Å². The van der Waals surface area contributed by atoms with Gasteiger partial charge in [-0.1, -0.05) is 12.6 Å². The lowest BCUT2D eigenvalue weighted by Crippen LogP contribution is -2.26. The number of phenols is 1. The Balaban J connectivity index is 2.00. The summed E-state index contributed by atoms with van der Waals surface area (Å²) in [6, 6.07) is 8.60. The smallest absolute Gasteiger partial charge is 0.255 e. The molecule has 0 heterocycles. The van der Waals surface area contributed by atoms with E-state index in [1.54, 1.807) is 12.1 Å². The monoisotopic (exact) mass is 358 g/mol. The lowest BCUT2D eigenvalue weighted by Gasteiger charge is -2.10. The molecule has 0 fully saturated rings. The zero-order chi connectivity index (χ0) is 19.1. The van der Waals surface area contributed by atoms with Crippen molar-refractivity contribution in [1.29, 1.82) is 0 Å². The molecule has 0 unspecified atom stereocenters. The quantitative estimate of drug-likeness (QED) is 0.524. The average molecular weight is 358 g/mol. The van der Waals surface area contributed by atoms with Crippen LogP contribution in [0.4, 0.5) is 10.1 Å². The number of hydrogen-bond donors (Lipinski definition) is 3. The second kappa shape index (κ2) is 8.66. The third-order valence-corrected chi connectivity index (χ3v) is 3.63. The molecule has 0 saturated heterocycles. The van der Waals surface area contributed by atoms with Crippen LogP contribution in [-0.2, 0) is 11.2 Å². The summed E-state index contributed by atoms with van der Waals surface area (Å²) >= 11 is 0. The Hall–Kier alpha value is -3.35. The summed E-state index contributed by atoms with van der Waals surface area (Å²) in [6.45, 7) is 3.51. The number of benzene rings is 2. The molecule has 6 nitrogen and oxygen atoms in total. The van der Waals surface area contributed by atoms with Crippen LogP contribution in [0.25, 0.3) is 0 Å². The standard InChI is InChI=1S/C19H19FN2O4/c1-3-18(24)22-13-5-7-17(23)15(10-13)19(25)21-9-8-12-4-6-14(26-2)11-16(12)20/h3-7,10-11,23H,1,8-9H2,2H3,(H,21,25)(H,22,24). The summed E-state index contributed by atoms with van der Waals surface area (Å²) in [5.41, 5.74) is 0.781. The van der Waals surface area contributed by atoms with Gasteiger partial charge in [-0.3, -0.25) is 9.59 Å². The Morgan fingerprint density at radius 1 is 1.27 bits per heavy atom. The Morgan fingerprint density at radius 3 is 2.69 bits per heavy atom. The number of hydrogen-bond acceptors (Lipinski definition) is 4. The largest absolute Gasteiger partial charge is 0.507 e. The molecule has 0 atom stereocenters. The highest BCUT2D eigenvalue weighted by Gasteiger charge is 2.13. The highest BCUT2D eigenvalue weighted by Crippen LogP contribution is 2.21. The molecule has 0 saturated carbocycles. The second-order valence-electron chi connectivity index (χ2n) is 5.39. The molecule has 3 N–H and O–H groups in total. The van der Waals surface area contributed by atoms with E-state index in [2.05, 4.69) is 17.2 Å². The molecule has 2 amide bonds. The van der Waals surface area contributed by atoms with E-state index < -0.39 is 17.6 Å². The van der Waals surface area contributed by atoms with Crippen molar-refractivity contribution in [3.63, 3.8) is 0 Å². The molecular formula is C19H19FN2O4. The van der Waals surface area contributed by atoms with E-state index in [0.717, 1.165) is 6.08 Å². The number of ether oxygens (including phenoxy) is 1. The van der Waals surface area contributed by atoms with Crippen molar-refractivity contribution >= 4 is 17.5 Å². The molecule has 26 heavy (non-hydrogen) atoms. The molecular weight excluding hydrogens is 339 g/mol. The molecule has 7 heteroatoms. The molecule has 0 aromatic heterocycles. The molecule has 0 aliphatic rings. The van der Waals surface area contributed by atoms with Crippen LogP contribution in [0.15, 0.2) is 49.1 Å². The van der Waals surface area contributed by atoms with Gasteiger partial charge in [0.2, 0.25) is 5.91 Å². The number of methoxy groups -OCH3 is 1. The van der Waals surface area contributed by atoms with Gasteiger partial charge in [-0.2, -0.15) is 0 Å². The van der Waals surface area contributed by atoms with Crippen molar-refractivity contribution in [3.05, 3.63) is 66.0 Å². The third kappa shape index (κ3) is 4.83. The van der Waals surface area contributed by atoms with Crippen molar-refractivity contribution in [1.82, 2.24) is 5.32 Å². The van der Waals surface area contributed by atoms with Gasteiger partial charge in [0.05, 0.1) is 12.7 Å². The van der Waals surface area contributed by atoms with E-state index in [1.807, 2.05) is 0 Å². The molecule has 0 aliphatic heterocycles. The first-order chi connectivity index (χ1) is 12.4. The van der Waals surface area contributed by atoms with Gasteiger partial charge in [-0.15, -0.1) is 0 Å². The summed E-state index contributed by atoms with van der Waals surface area (Å²) in [5.74, 6) is -1.20. The lowest BCUT2D eigenvalue weighted by molar-refractivity contribution is -0.111. The molecule has 0 radical (unpaired) electrons. The highest BCUT2D eigenvalue weighted by atomic mass is 19.1. The molecule has 0 spiro atoms. The Morgan fingerprint density at radius 2 is 2.04 bits per heavy atom. The molecule has 0 aliphatic carbocycles. The minimum absolute atomic E-state index is 0.00191. The molecule has 2 rings (SSSR count). The van der Waals surface area contributed by atoms with Gasteiger partial charge in [0.15, 0.2) is 0 Å². The van der Waals surface area contributed by atoms with Crippen LogP contribution in [0.3, 0.4) is 0 Å². The highest BCUT2D eigenvalue weighted by molar-refractivity contribution is 6.01. The molecule has 2 aromatic rings. The van der Waals surface area contributed by atoms with Gasteiger partial charge in [0.25, 0.3) is 5.91 Å². The van der Waals surface area contributed by atoms with Gasteiger partial charge in [-0.25, -0.2) is 4.39 Å². The fourth-order valence-corrected chi connectivity index (χ4v) is 2.25. The number of nitrogens with one attached hydrogen (secondary N) is 2. The maximum atomic E-state index is 13.9. The van der Waals surface area contributed by atoms with Crippen LogP contribution in [0.1, 0.15) is 15.9 Å². The minimum atomic E-state index is -0.536. The first kappa shape index (κ1) is 19.0. The summed E-state index contributed by atoms with van der Waals surface area (Å²) in [5, 5.41) is 15.0. The van der Waals surface area contributed by atoms with E-state index in [0.29, 0.717) is 17.0 Å². The summed E-state index contributed by atoms with van der Waals surface area (Å²) < 4.78 is 18.8. The Kier molecular flexibility index (Phi) is 6.32. The predicted octanol–water partition coefficient (Wildman–Crippen LogP) is 2.64. The fraction of sp³-hybridized carbons (Fsp3) is 0.158. The van der Waals surface area contributed by atoms with E-state index in [9.17, 15) is 19.1 Å². The second-order valence-corrected chi connectivity index (χ2v) is 5.39. The van der Waals surface area contributed by atoms with E-state index in [-0.39, 0.29) is 24.3 Å². The number of aromatic hydroxyl groups is 1. The minimum Gasteiger partial charge on any atom is -0.507 e. The normalized spacial score (nSPS) is 10.1. The number of carbonyl (C=O) groups excluding carboxylic acids is 2. The molecule has 0 bridgehead atoms. The van der Waals surface area contributed by atoms with Crippen LogP contribution in [0, 0.1) is 5.82 Å². The average Bonchev–Trinajstić information content (AvgIpc) is 2.64. The number of anilines is 1. The number of halogens is 1. The summed E-state index contributed by atoms with van der Waals surface area (Å²) in [7, 11) is 1.45. The van der Waals surface area contributed by atoms with Crippen molar-refractivity contribution in [2.24, 2.45) is 0 Å². The van der Waals surface area contributed by atoms with Crippen molar-refractivity contribution < 1.29 is 23.8 Å². The zero-order valence-corrected chi connectivity index (χ0v) is 14.2. The van der Waals surface area contributed by atoms with E-state index in [1.165, 1.54) is 31.4 Å². The predicted molar refractivity (Wildman–Crippen MR) is 95.9 cm³/mol. The zero-order valence-electron chi connectivity index (χ0n) is 14.2. The number of phenolic OH excluding ortho intramolecular Hbond substituents is 1. The van der Waals surface area contributed by atoms with Crippen molar-refractivity contribution in [3.8, 4) is 11.5 Å². The molecule has 136 valence electrons. The summed E-state index contributed by atoms with van der Waals surface area (Å²) in [4.78, 5) is 23.5. The van der Waals surface area contributed by atoms with Crippen LogP contribution >= 0.6 is 0 Å². The van der Waals surface area contributed by atoms with Crippen LogP contribution < -0.4 is 15.4 Å². The van der Waals surface area contributed by atoms with Gasteiger partial charge < -0.3 is 20.5 Å². The Labute approximate surface area is 150 Å². The Bertz CT molecular complexity index is 836.